The Balaban J connectivity index is 2.40. The number of benzene rings is 2. The van der Waals surface area contributed by atoms with Crippen molar-refractivity contribution in [1.29, 1.82) is 0 Å². The predicted molar refractivity (Wildman–Crippen MR) is 71.3 cm³/mol. The van der Waals surface area contributed by atoms with Crippen LogP contribution in [0, 0.1) is 12.7 Å². The molecule has 0 aliphatic heterocycles. The Morgan fingerprint density at radius 3 is 2.41 bits per heavy atom. The summed E-state index contributed by atoms with van der Waals surface area (Å²) in [5.41, 5.74) is 8.14. The van der Waals surface area contributed by atoms with Gasteiger partial charge in [-0.3, -0.25) is 0 Å². The van der Waals surface area contributed by atoms with Gasteiger partial charge < -0.3 is 5.73 Å². The minimum atomic E-state index is -0.428. The molecule has 0 aromatic heterocycles. The van der Waals surface area contributed by atoms with Crippen LogP contribution in [-0.4, -0.2) is 0 Å². The lowest BCUT2D eigenvalue weighted by Crippen LogP contribution is -2.14. The van der Waals surface area contributed by atoms with E-state index in [4.69, 9.17) is 5.73 Å². The third-order valence-electron chi connectivity index (χ3n) is 2.79. The summed E-state index contributed by atoms with van der Waals surface area (Å²) in [4.78, 5) is 0. The highest BCUT2D eigenvalue weighted by Crippen LogP contribution is 2.24. The van der Waals surface area contributed by atoms with Gasteiger partial charge in [-0.05, 0) is 30.2 Å². The Morgan fingerprint density at radius 2 is 1.76 bits per heavy atom. The summed E-state index contributed by atoms with van der Waals surface area (Å²) >= 11 is 3.36. The summed E-state index contributed by atoms with van der Waals surface area (Å²) in [6.07, 6.45) is 0. The van der Waals surface area contributed by atoms with E-state index >= 15 is 0 Å². The lowest BCUT2D eigenvalue weighted by molar-refractivity contribution is 0.591. The van der Waals surface area contributed by atoms with Gasteiger partial charge in [-0.25, -0.2) is 4.39 Å². The van der Waals surface area contributed by atoms with E-state index in [0.29, 0.717) is 11.1 Å². The van der Waals surface area contributed by atoms with Gasteiger partial charge in [-0.1, -0.05) is 46.3 Å². The molecular weight excluding hydrogens is 281 g/mol. The van der Waals surface area contributed by atoms with Crippen molar-refractivity contribution in [2.45, 2.75) is 13.0 Å². The second-order valence-corrected chi connectivity index (χ2v) is 4.92. The van der Waals surface area contributed by atoms with Crippen LogP contribution in [0.25, 0.3) is 0 Å². The topological polar surface area (TPSA) is 26.0 Å². The van der Waals surface area contributed by atoms with Crippen molar-refractivity contribution in [3.05, 3.63) is 69.4 Å². The Morgan fingerprint density at radius 1 is 1.12 bits per heavy atom. The summed E-state index contributed by atoms with van der Waals surface area (Å²) in [6, 6.07) is 12.5. The van der Waals surface area contributed by atoms with E-state index in [2.05, 4.69) is 15.9 Å². The summed E-state index contributed by atoms with van der Waals surface area (Å²) in [6.45, 7) is 1.74. The summed E-state index contributed by atoms with van der Waals surface area (Å²) in [5, 5.41) is 0. The van der Waals surface area contributed by atoms with E-state index in [1.165, 1.54) is 0 Å². The standard InChI is InChI=1S/C14H13BrFN/c1-9-3-2-4-12(13(9)16)14(17)10-5-7-11(15)8-6-10/h2-8,14H,17H2,1H3. The molecule has 0 aliphatic rings. The van der Waals surface area contributed by atoms with Gasteiger partial charge in [0.1, 0.15) is 5.82 Å². The molecule has 0 fully saturated rings. The van der Waals surface area contributed by atoms with Crippen LogP contribution in [0.2, 0.25) is 0 Å². The molecule has 0 spiro atoms. The maximum atomic E-state index is 13.9. The van der Waals surface area contributed by atoms with Crippen LogP contribution < -0.4 is 5.73 Å². The van der Waals surface area contributed by atoms with Crippen molar-refractivity contribution in [3.63, 3.8) is 0 Å². The van der Waals surface area contributed by atoms with Crippen LogP contribution in [-0.2, 0) is 0 Å². The molecular formula is C14H13BrFN. The average molecular weight is 294 g/mol. The first-order valence-corrected chi connectivity index (χ1v) is 6.15. The molecule has 2 N–H and O–H groups in total. The first kappa shape index (κ1) is 12.3. The number of halogens is 2. The normalized spacial score (nSPS) is 12.5. The van der Waals surface area contributed by atoms with Crippen LogP contribution >= 0.6 is 15.9 Å². The Labute approximate surface area is 109 Å². The van der Waals surface area contributed by atoms with Gasteiger partial charge in [-0.15, -0.1) is 0 Å². The smallest absolute Gasteiger partial charge is 0.131 e. The lowest BCUT2D eigenvalue weighted by Gasteiger charge is -2.14. The fourth-order valence-corrected chi connectivity index (χ4v) is 2.02. The second-order valence-electron chi connectivity index (χ2n) is 4.01. The van der Waals surface area contributed by atoms with Gasteiger partial charge in [0.15, 0.2) is 0 Å². The zero-order chi connectivity index (χ0) is 12.4. The van der Waals surface area contributed by atoms with E-state index in [-0.39, 0.29) is 5.82 Å². The van der Waals surface area contributed by atoms with Gasteiger partial charge in [0.25, 0.3) is 0 Å². The Kier molecular flexibility index (Phi) is 3.60. The average Bonchev–Trinajstić information content (AvgIpc) is 2.33. The molecule has 2 aromatic rings. The first-order valence-electron chi connectivity index (χ1n) is 5.35. The van der Waals surface area contributed by atoms with E-state index in [1.54, 1.807) is 19.1 Å². The molecule has 0 aliphatic carbocycles. The highest BCUT2D eigenvalue weighted by atomic mass is 79.9. The molecule has 0 radical (unpaired) electrons. The van der Waals surface area contributed by atoms with Crippen LogP contribution in [0.4, 0.5) is 4.39 Å². The van der Waals surface area contributed by atoms with Crippen molar-refractivity contribution >= 4 is 15.9 Å². The zero-order valence-corrected chi connectivity index (χ0v) is 11.0. The van der Waals surface area contributed by atoms with Crippen molar-refractivity contribution in [2.75, 3.05) is 0 Å². The molecule has 0 bridgehead atoms. The fraction of sp³-hybridized carbons (Fsp3) is 0.143. The fourth-order valence-electron chi connectivity index (χ4n) is 1.76. The van der Waals surface area contributed by atoms with E-state index in [1.807, 2.05) is 30.3 Å². The molecule has 2 rings (SSSR count). The van der Waals surface area contributed by atoms with Gasteiger partial charge >= 0.3 is 0 Å². The monoisotopic (exact) mass is 293 g/mol. The van der Waals surface area contributed by atoms with Crippen molar-refractivity contribution < 1.29 is 4.39 Å². The third-order valence-corrected chi connectivity index (χ3v) is 3.31. The van der Waals surface area contributed by atoms with Gasteiger partial charge in [0.2, 0.25) is 0 Å². The number of aryl methyl sites for hydroxylation is 1. The number of rotatable bonds is 2. The molecule has 2 aromatic carbocycles. The third kappa shape index (κ3) is 2.56. The van der Waals surface area contributed by atoms with Gasteiger partial charge in [0, 0.05) is 10.0 Å². The number of nitrogens with two attached hydrogens (primary N) is 1. The zero-order valence-electron chi connectivity index (χ0n) is 9.45. The van der Waals surface area contributed by atoms with Crippen molar-refractivity contribution in [3.8, 4) is 0 Å². The number of hydrogen-bond acceptors (Lipinski definition) is 1. The lowest BCUT2D eigenvalue weighted by atomic mass is 9.97. The van der Waals surface area contributed by atoms with Gasteiger partial charge in [0.05, 0.1) is 6.04 Å². The van der Waals surface area contributed by atoms with Crippen LogP contribution in [0.3, 0.4) is 0 Å². The van der Waals surface area contributed by atoms with Crippen LogP contribution in [0.1, 0.15) is 22.7 Å². The Hall–Kier alpha value is -1.19. The maximum Gasteiger partial charge on any atom is 0.131 e. The second kappa shape index (κ2) is 4.98. The molecule has 0 saturated carbocycles. The van der Waals surface area contributed by atoms with Crippen LogP contribution in [0.15, 0.2) is 46.9 Å². The molecule has 0 heterocycles. The molecule has 88 valence electrons. The molecule has 1 unspecified atom stereocenters. The minimum absolute atomic E-state index is 0.220. The highest BCUT2D eigenvalue weighted by molar-refractivity contribution is 9.10. The van der Waals surface area contributed by atoms with Crippen LogP contribution in [0.5, 0.6) is 0 Å². The van der Waals surface area contributed by atoms with E-state index in [0.717, 1.165) is 10.0 Å². The largest absolute Gasteiger partial charge is 0.320 e. The number of hydrogen-bond donors (Lipinski definition) is 1. The predicted octanol–water partition coefficient (Wildman–Crippen LogP) is 3.94. The molecule has 1 atom stereocenters. The van der Waals surface area contributed by atoms with Gasteiger partial charge in [-0.2, -0.15) is 0 Å². The quantitative estimate of drug-likeness (QED) is 0.892. The van der Waals surface area contributed by atoms with Crippen molar-refractivity contribution in [1.82, 2.24) is 0 Å². The molecule has 17 heavy (non-hydrogen) atoms. The van der Waals surface area contributed by atoms with Crippen molar-refractivity contribution in [2.24, 2.45) is 5.73 Å². The first-order chi connectivity index (χ1) is 8.09. The SMILES string of the molecule is Cc1cccc(C(N)c2ccc(Br)cc2)c1F. The minimum Gasteiger partial charge on any atom is -0.320 e. The summed E-state index contributed by atoms with van der Waals surface area (Å²) in [7, 11) is 0. The molecule has 3 heteroatoms. The van der Waals surface area contributed by atoms with E-state index in [9.17, 15) is 4.39 Å². The van der Waals surface area contributed by atoms with E-state index < -0.39 is 6.04 Å². The Bertz CT molecular complexity index is 522. The molecule has 1 nitrogen and oxygen atoms in total. The molecule has 0 amide bonds. The summed E-state index contributed by atoms with van der Waals surface area (Å²) < 4.78 is 14.9. The maximum absolute atomic E-state index is 13.9. The highest BCUT2D eigenvalue weighted by Gasteiger charge is 2.14. The molecule has 0 saturated heterocycles. The summed E-state index contributed by atoms with van der Waals surface area (Å²) in [5.74, 6) is -0.220.